The molecule has 2 saturated heterocycles. The topological polar surface area (TPSA) is 49.4 Å². The van der Waals surface area contributed by atoms with Gasteiger partial charge in [0.15, 0.2) is 0 Å². The molecule has 2 aliphatic heterocycles. The second-order valence-corrected chi connectivity index (χ2v) is 4.54. The first-order chi connectivity index (χ1) is 6.59. The molecule has 4 heteroatoms. The summed E-state index contributed by atoms with van der Waals surface area (Å²) in [5.41, 5.74) is 0. The third-order valence-electron chi connectivity index (χ3n) is 3.35. The highest BCUT2D eigenvalue weighted by atomic mass is 16.2. The van der Waals surface area contributed by atoms with E-state index in [9.17, 15) is 9.59 Å². The average molecular weight is 196 g/mol. The van der Waals surface area contributed by atoms with Crippen LogP contribution in [0.5, 0.6) is 0 Å². The monoisotopic (exact) mass is 196 g/mol. The Hall–Kier alpha value is -1.06. The van der Waals surface area contributed by atoms with Crippen molar-refractivity contribution >= 4 is 11.9 Å². The Morgan fingerprint density at radius 3 is 2.71 bits per heavy atom. The second kappa shape index (κ2) is 3.26. The number of imide groups is 1. The quantitative estimate of drug-likeness (QED) is 0.635. The molecule has 14 heavy (non-hydrogen) atoms. The first kappa shape index (κ1) is 9.49. The van der Waals surface area contributed by atoms with Crippen molar-refractivity contribution in [1.29, 1.82) is 0 Å². The zero-order chi connectivity index (χ0) is 10.3. The minimum Gasteiger partial charge on any atom is -0.312 e. The van der Waals surface area contributed by atoms with Gasteiger partial charge in [-0.15, -0.1) is 0 Å². The zero-order valence-electron chi connectivity index (χ0n) is 8.62. The summed E-state index contributed by atoms with van der Waals surface area (Å²) < 4.78 is 0. The molecule has 2 atom stereocenters. The van der Waals surface area contributed by atoms with Gasteiger partial charge in [-0.1, -0.05) is 13.8 Å². The van der Waals surface area contributed by atoms with E-state index >= 15 is 0 Å². The van der Waals surface area contributed by atoms with Crippen LogP contribution in [0.15, 0.2) is 0 Å². The molecule has 2 aliphatic rings. The molecule has 0 radical (unpaired) electrons. The fourth-order valence-electron chi connectivity index (χ4n) is 2.30. The van der Waals surface area contributed by atoms with E-state index in [4.69, 9.17) is 0 Å². The van der Waals surface area contributed by atoms with Crippen LogP contribution in [0.3, 0.4) is 0 Å². The number of nitrogens with one attached hydrogen (secondary N) is 1. The Bertz CT molecular complexity index is 275. The van der Waals surface area contributed by atoms with Crippen LogP contribution in [0.1, 0.15) is 26.7 Å². The van der Waals surface area contributed by atoms with Crippen LogP contribution in [0.25, 0.3) is 0 Å². The standard InChI is InChI=1S/C10H16N2O2/c1-6(2)7-3-4-8-9(13)11-10(14)12(8)5-7/h6-8H,3-5H2,1-2H3,(H,11,13,14)/t7-,8-/m0/s1. The number of carbonyl (C=O) groups is 2. The van der Waals surface area contributed by atoms with E-state index in [2.05, 4.69) is 19.2 Å². The molecule has 3 amide bonds. The third kappa shape index (κ3) is 1.38. The van der Waals surface area contributed by atoms with Gasteiger partial charge >= 0.3 is 6.03 Å². The second-order valence-electron chi connectivity index (χ2n) is 4.54. The molecule has 0 aromatic rings. The maximum atomic E-state index is 11.4. The van der Waals surface area contributed by atoms with Gasteiger partial charge in [-0.05, 0) is 24.7 Å². The maximum absolute atomic E-state index is 11.4. The lowest BCUT2D eigenvalue weighted by Gasteiger charge is -2.34. The van der Waals surface area contributed by atoms with Crippen molar-refractivity contribution in [3.05, 3.63) is 0 Å². The molecule has 2 fully saturated rings. The Morgan fingerprint density at radius 2 is 2.07 bits per heavy atom. The van der Waals surface area contributed by atoms with Gasteiger partial charge in [-0.2, -0.15) is 0 Å². The predicted octanol–water partition coefficient (Wildman–Crippen LogP) is 0.973. The van der Waals surface area contributed by atoms with Gasteiger partial charge in [-0.3, -0.25) is 10.1 Å². The smallest absolute Gasteiger partial charge is 0.312 e. The molecule has 0 unspecified atom stereocenters. The van der Waals surface area contributed by atoms with E-state index in [-0.39, 0.29) is 18.0 Å². The van der Waals surface area contributed by atoms with E-state index in [1.165, 1.54) is 0 Å². The molecule has 0 saturated carbocycles. The number of hydrogen-bond donors (Lipinski definition) is 1. The van der Waals surface area contributed by atoms with Crippen LogP contribution >= 0.6 is 0 Å². The number of fused-ring (bicyclic) bond motifs is 1. The maximum Gasteiger partial charge on any atom is 0.324 e. The van der Waals surface area contributed by atoms with Gasteiger partial charge < -0.3 is 4.90 Å². The number of amides is 3. The molecule has 0 aliphatic carbocycles. The fraction of sp³-hybridized carbons (Fsp3) is 0.800. The highest BCUT2D eigenvalue weighted by Gasteiger charge is 2.42. The summed E-state index contributed by atoms with van der Waals surface area (Å²) in [5.74, 6) is 1.01. The molecule has 0 aromatic heterocycles. The molecule has 78 valence electrons. The molecule has 0 bridgehead atoms. The van der Waals surface area contributed by atoms with Crippen LogP contribution < -0.4 is 5.32 Å². The van der Waals surface area contributed by atoms with Gasteiger partial charge in [0.25, 0.3) is 5.91 Å². The molecule has 2 heterocycles. The van der Waals surface area contributed by atoms with E-state index in [1.54, 1.807) is 4.90 Å². The van der Waals surface area contributed by atoms with Crippen molar-refractivity contribution in [2.75, 3.05) is 6.54 Å². The molecular weight excluding hydrogens is 180 g/mol. The van der Waals surface area contributed by atoms with E-state index in [0.29, 0.717) is 11.8 Å². The van der Waals surface area contributed by atoms with E-state index < -0.39 is 0 Å². The molecule has 1 N–H and O–H groups in total. The van der Waals surface area contributed by atoms with Crippen molar-refractivity contribution < 1.29 is 9.59 Å². The van der Waals surface area contributed by atoms with Gasteiger partial charge in [-0.25, -0.2) is 4.79 Å². The number of rotatable bonds is 1. The lowest BCUT2D eigenvalue weighted by atomic mass is 9.85. The summed E-state index contributed by atoms with van der Waals surface area (Å²) in [6, 6.07) is -0.386. The Morgan fingerprint density at radius 1 is 1.36 bits per heavy atom. The Labute approximate surface area is 83.6 Å². The van der Waals surface area contributed by atoms with E-state index in [0.717, 1.165) is 19.4 Å². The molecule has 0 aromatic carbocycles. The Balaban J connectivity index is 2.09. The first-order valence-corrected chi connectivity index (χ1v) is 5.21. The number of hydrogen-bond acceptors (Lipinski definition) is 2. The van der Waals surface area contributed by atoms with Crippen molar-refractivity contribution in [1.82, 2.24) is 10.2 Å². The fourth-order valence-corrected chi connectivity index (χ4v) is 2.30. The van der Waals surface area contributed by atoms with Crippen LogP contribution in [0.2, 0.25) is 0 Å². The lowest BCUT2D eigenvalue weighted by molar-refractivity contribution is -0.122. The number of urea groups is 1. The minimum atomic E-state index is -0.203. The zero-order valence-corrected chi connectivity index (χ0v) is 8.62. The summed E-state index contributed by atoms with van der Waals surface area (Å²) in [6.45, 7) is 5.07. The van der Waals surface area contributed by atoms with Crippen LogP contribution in [-0.4, -0.2) is 29.4 Å². The van der Waals surface area contributed by atoms with Crippen LogP contribution in [-0.2, 0) is 4.79 Å². The van der Waals surface area contributed by atoms with Crippen molar-refractivity contribution in [3.8, 4) is 0 Å². The van der Waals surface area contributed by atoms with Gasteiger partial charge in [0, 0.05) is 6.54 Å². The van der Waals surface area contributed by atoms with E-state index in [1.807, 2.05) is 0 Å². The lowest BCUT2D eigenvalue weighted by Crippen LogP contribution is -2.44. The third-order valence-corrected chi connectivity index (χ3v) is 3.35. The van der Waals surface area contributed by atoms with Crippen molar-refractivity contribution in [3.63, 3.8) is 0 Å². The highest BCUT2D eigenvalue weighted by molar-refractivity contribution is 6.04. The minimum absolute atomic E-state index is 0.114. The van der Waals surface area contributed by atoms with Crippen LogP contribution in [0.4, 0.5) is 4.79 Å². The Kier molecular flexibility index (Phi) is 2.21. The summed E-state index contributed by atoms with van der Waals surface area (Å²) in [4.78, 5) is 24.4. The molecule has 0 spiro atoms. The van der Waals surface area contributed by atoms with Gasteiger partial charge in [0.2, 0.25) is 0 Å². The predicted molar refractivity (Wildman–Crippen MR) is 51.6 cm³/mol. The summed E-state index contributed by atoms with van der Waals surface area (Å²) in [5, 5.41) is 2.37. The van der Waals surface area contributed by atoms with Crippen molar-refractivity contribution in [2.24, 2.45) is 11.8 Å². The SMILES string of the molecule is CC(C)[C@H]1CC[C@H]2C(=O)NC(=O)N2C1. The van der Waals surface area contributed by atoms with Crippen LogP contribution in [0, 0.1) is 11.8 Å². The number of piperidine rings is 1. The average Bonchev–Trinajstić information content (AvgIpc) is 2.42. The largest absolute Gasteiger partial charge is 0.324 e. The highest BCUT2D eigenvalue weighted by Crippen LogP contribution is 2.29. The number of carbonyl (C=O) groups excluding carboxylic acids is 2. The molecule has 4 nitrogen and oxygen atoms in total. The van der Waals surface area contributed by atoms with Gasteiger partial charge in [0.1, 0.15) is 6.04 Å². The molecule has 2 rings (SSSR count). The molecular formula is C10H16N2O2. The summed E-state index contributed by atoms with van der Waals surface area (Å²) in [6.07, 6.45) is 1.87. The normalized spacial score (nSPS) is 32.1. The summed E-state index contributed by atoms with van der Waals surface area (Å²) in [7, 11) is 0. The summed E-state index contributed by atoms with van der Waals surface area (Å²) >= 11 is 0. The first-order valence-electron chi connectivity index (χ1n) is 5.21. The number of nitrogens with zero attached hydrogens (tertiary/aromatic N) is 1. The van der Waals surface area contributed by atoms with Gasteiger partial charge in [0.05, 0.1) is 0 Å². The van der Waals surface area contributed by atoms with Crippen molar-refractivity contribution in [2.45, 2.75) is 32.7 Å².